The smallest absolute Gasteiger partial charge is 0.0465 e. The first-order chi connectivity index (χ1) is 4.35. The molecule has 0 aliphatic rings. The Labute approximate surface area is 56.8 Å². The molecule has 0 saturated carbocycles. The number of aliphatic hydroxyl groups excluding tert-OH is 1. The number of hydrogen-bond donors (Lipinski definition) is 1. The van der Waals surface area contributed by atoms with Crippen molar-refractivity contribution in [2.45, 2.75) is 19.8 Å². The molecule has 0 bridgehead atoms. The first kappa shape index (κ1) is 8.92. The van der Waals surface area contributed by atoms with Crippen molar-refractivity contribution in [1.29, 1.82) is 0 Å². The molecule has 1 N–H and O–H groups in total. The van der Waals surface area contributed by atoms with Gasteiger partial charge in [0.25, 0.3) is 0 Å². The zero-order valence-electron chi connectivity index (χ0n) is 6.26. The van der Waals surface area contributed by atoms with Crippen LogP contribution in [0.25, 0.3) is 0 Å². The van der Waals surface area contributed by atoms with Crippen molar-refractivity contribution in [3.8, 4) is 0 Å². The monoisotopic (exact) mass is 132 g/mol. The van der Waals surface area contributed by atoms with Gasteiger partial charge >= 0.3 is 0 Å². The van der Waals surface area contributed by atoms with Gasteiger partial charge in [-0.1, -0.05) is 13.3 Å². The Morgan fingerprint density at radius 1 is 1.56 bits per heavy atom. The molecule has 2 heteroatoms. The molecule has 0 spiro atoms. The Kier molecular flexibility index (Phi) is 5.99. The summed E-state index contributed by atoms with van der Waals surface area (Å²) in [6.45, 7) is 3.13. The van der Waals surface area contributed by atoms with Crippen molar-refractivity contribution in [3.63, 3.8) is 0 Å². The molecule has 0 aliphatic heterocycles. The van der Waals surface area contributed by atoms with E-state index in [2.05, 4.69) is 6.92 Å². The maximum atomic E-state index is 8.70. The maximum absolute atomic E-state index is 8.70. The van der Waals surface area contributed by atoms with E-state index in [9.17, 15) is 0 Å². The Balaban J connectivity index is 3.09. The van der Waals surface area contributed by atoms with E-state index < -0.39 is 0 Å². The zero-order valence-corrected chi connectivity index (χ0v) is 6.26. The lowest BCUT2D eigenvalue weighted by Gasteiger charge is -2.08. The fourth-order valence-electron chi connectivity index (χ4n) is 0.709. The highest BCUT2D eigenvalue weighted by Crippen LogP contribution is 2.05. The highest BCUT2D eigenvalue weighted by molar-refractivity contribution is 4.52. The quantitative estimate of drug-likeness (QED) is 0.605. The van der Waals surface area contributed by atoms with Crippen molar-refractivity contribution < 1.29 is 9.84 Å². The molecule has 1 unspecified atom stereocenters. The summed E-state index contributed by atoms with van der Waals surface area (Å²) in [6.07, 6.45) is 2.02. The van der Waals surface area contributed by atoms with E-state index in [-0.39, 0.29) is 0 Å². The van der Waals surface area contributed by atoms with Crippen LogP contribution in [0.5, 0.6) is 0 Å². The molecule has 56 valence electrons. The SMILES string of the molecule is CCC(CO)CCOC. The van der Waals surface area contributed by atoms with Crippen molar-refractivity contribution >= 4 is 0 Å². The van der Waals surface area contributed by atoms with Gasteiger partial charge in [-0.05, 0) is 12.3 Å². The lowest BCUT2D eigenvalue weighted by atomic mass is 10.1. The summed E-state index contributed by atoms with van der Waals surface area (Å²) in [7, 11) is 1.68. The molecule has 0 amide bonds. The van der Waals surface area contributed by atoms with Crippen LogP contribution in [-0.2, 0) is 4.74 Å². The fourth-order valence-corrected chi connectivity index (χ4v) is 0.709. The summed E-state index contributed by atoms with van der Waals surface area (Å²) in [4.78, 5) is 0. The van der Waals surface area contributed by atoms with E-state index in [1.54, 1.807) is 7.11 Å². The number of ether oxygens (including phenoxy) is 1. The Hall–Kier alpha value is -0.0800. The molecule has 0 heterocycles. The summed E-state index contributed by atoms with van der Waals surface area (Å²) in [5.41, 5.74) is 0. The molecule has 1 atom stereocenters. The van der Waals surface area contributed by atoms with Crippen molar-refractivity contribution in [2.24, 2.45) is 5.92 Å². The first-order valence-corrected chi connectivity index (χ1v) is 3.45. The van der Waals surface area contributed by atoms with Crippen LogP contribution in [0, 0.1) is 5.92 Å². The van der Waals surface area contributed by atoms with Crippen LogP contribution in [0.4, 0.5) is 0 Å². The molecule has 0 aromatic heterocycles. The predicted molar refractivity (Wildman–Crippen MR) is 37.4 cm³/mol. The summed E-state index contributed by atoms with van der Waals surface area (Å²) < 4.78 is 4.86. The Morgan fingerprint density at radius 2 is 2.22 bits per heavy atom. The van der Waals surface area contributed by atoms with Gasteiger partial charge in [-0.25, -0.2) is 0 Å². The molecule has 0 radical (unpaired) electrons. The summed E-state index contributed by atoms with van der Waals surface area (Å²) in [6, 6.07) is 0. The Bertz CT molecular complexity index is 50.9. The van der Waals surface area contributed by atoms with Gasteiger partial charge in [-0.2, -0.15) is 0 Å². The zero-order chi connectivity index (χ0) is 7.11. The topological polar surface area (TPSA) is 29.5 Å². The van der Waals surface area contributed by atoms with E-state index in [1.165, 1.54) is 0 Å². The third-order valence-electron chi connectivity index (χ3n) is 1.57. The van der Waals surface area contributed by atoms with Crippen LogP contribution >= 0.6 is 0 Å². The van der Waals surface area contributed by atoms with Crippen LogP contribution in [-0.4, -0.2) is 25.4 Å². The van der Waals surface area contributed by atoms with E-state index in [0.717, 1.165) is 19.4 Å². The average molecular weight is 132 g/mol. The second-order valence-corrected chi connectivity index (χ2v) is 2.24. The van der Waals surface area contributed by atoms with Crippen LogP contribution < -0.4 is 0 Å². The summed E-state index contributed by atoms with van der Waals surface area (Å²) in [5.74, 6) is 0.435. The van der Waals surface area contributed by atoms with Crippen molar-refractivity contribution in [1.82, 2.24) is 0 Å². The molecule has 0 aliphatic carbocycles. The molecule has 0 aromatic carbocycles. The van der Waals surface area contributed by atoms with Crippen LogP contribution in [0.2, 0.25) is 0 Å². The van der Waals surface area contributed by atoms with Gasteiger partial charge in [-0.3, -0.25) is 0 Å². The molecule has 2 nitrogen and oxygen atoms in total. The van der Waals surface area contributed by atoms with E-state index in [4.69, 9.17) is 9.84 Å². The highest BCUT2D eigenvalue weighted by atomic mass is 16.5. The molecule has 0 aromatic rings. The summed E-state index contributed by atoms with van der Waals surface area (Å²) in [5, 5.41) is 8.70. The third kappa shape index (κ3) is 4.43. The molecular weight excluding hydrogens is 116 g/mol. The van der Waals surface area contributed by atoms with Crippen LogP contribution in [0.1, 0.15) is 19.8 Å². The molecule has 0 rings (SSSR count). The molecule has 0 fully saturated rings. The number of methoxy groups -OCH3 is 1. The number of rotatable bonds is 5. The molecule has 9 heavy (non-hydrogen) atoms. The minimum atomic E-state index is 0.292. The van der Waals surface area contributed by atoms with Gasteiger partial charge in [0, 0.05) is 20.3 Å². The van der Waals surface area contributed by atoms with E-state index in [0.29, 0.717) is 12.5 Å². The highest BCUT2D eigenvalue weighted by Gasteiger charge is 2.01. The first-order valence-electron chi connectivity index (χ1n) is 3.45. The fraction of sp³-hybridized carbons (Fsp3) is 1.00. The lowest BCUT2D eigenvalue weighted by molar-refractivity contribution is 0.146. The van der Waals surface area contributed by atoms with Gasteiger partial charge in [0.1, 0.15) is 0 Å². The lowest BCUT2D eigenvalue weighted by Crippen LogP contribution is -2.07. The maximum Gasteiger partial charge on any atom is 0.0465 e. The second-order valence-electron chi connectivity index (χ2n) is 2.24. The van der Waals surface area contributed by atoms with Gasteiger partial charge in [0.05, 0.1) is 0 Å². The minimum absolute atomic E-state index is 0.292. The van der Waals surface area contributed by atoms with Crippen LogP contribution in [0.15, 0.2) is 0 Å². The van der Waals surface area contributed by atoms with Gasteiger partial charge < -0.3 is 9.84 Å². The minimum Gasteiger partial charge on any atom is -0.396 e. The van der Waals surface area contributed by atoms with E-state index in [1.807, 2.05) is 0 Å². The number of aliphatic hydroxyl groups is 1. The van der Waals surface area contributed by atoms with Crippen molar-refractivity contribution in [3.05, 3.63) is 0 Å². The third-order valence-corrected chi connectivity index (χ3v) is 1.57. The second kappa shape index (κ2) is 6.05. The van der Waals surface area contributed by atoms with Gasteiger partial charge in [0.2, 0.25) is 0 Å². The van der Waals surface area contributed by atoms with Crippen LogP contribution in [0.3, 0.4) is 0 Å². The predicted octanol–water partition coefficient (Wildman–Crippen LogP) is 1.04. The molecule has 0 saturated heterocycles. The van der Waals surface area contributed by atoms with Gasteiger partial charge in [0.15, 0.2) is 0 Å². The van der Waals surface area contributed by atoms with Gasteiger partial charge in [-0.15, -0.1) is 0 Å². The van der Waals surface area contributed by atoms with E-state index >= 15 is 0 Å². The molecular formula is C7H16O2. The average Bonchev–Trinajstić information content (AvgIpc) is 1.91. The standard InChI is InChI=1S/C7H16O2/c1-3-7(6-8)4-5-9-2/h7-8H,3-6H2,1-2H3. The number of hydrogen-bond acceptors (Lipinski definition) is 2. The normalized spacial score (nSPS) is 13.7. The largest absolute Gasteiger partial charge is 0.396 e. The van der Waals surface area contributed by atoms with Crippen molar-refractivity contribution in [2.75, 3.05) is 20.3 Å². The Morgan fingerprint density at radius 3 is 2.56 bits per heavy atom. The summed E-state index contributed by atoms with van der Waals surface area (Å²) >= 11 is 0.